The Morgan fingerprint density at radius 3 is 2.42 bits per heavy atom. The number of phenols is 1. The van der Waals surface area contributed by atoms with Crippen LogP contribution in [-0.2, 0) is 6.42 Å². The first kappa shape index (κ1) is 9.89. The fourth-order valence-corrected chi connectivity index (χ4v) is 1.47. The Kier molecular flexibility index (Phi) is 3.91. The van der Waals surface area contributed by atoms with Gasteiger partial charge in [-0.25, -0.2) is 0 Å². The third kappa shape index (κ3) is 3.05. The first-order valence-electron chi connectivity index (χ1n) is 4.11. The Labute approximate surface area is 86.7 Å². The van der Waals surface area contributed by atoms with Gasteiger partial charge in [0.25, 0.3) is 0 Å². The van der Waals surface area contributed by atoms with Gasteiger partial charge in [0.1, 0.15) is 0 Å². The summed E-state index contributed by atoms with van der Waals surface area (Å²) in [4.78, 5) is 0. The van der Waals surface area contributed by atoms with E-state index in [1.54, 1.807) is 12.1 Å². The van der Waals surface area contributed by atoms with Crippen molar-refractivity contribution >= 4 is 22.3 Å². The molecule has 12 heavy (non-hydrogen) atoms. The van der Waals surface area contributed by atoms with E-state index in [0.717, 1.165) is 12.3 Å². The second-order valence-corrected chi connectivity index (χ2v) is 4.20. The normalized spacial score (nSPS) is 12.8. The van der Waals surface area contributed by atoms with E-state index in [1.165, 1.54) is 10.0 Å². The van der Waals surface area contributed by atoms with Crippen molar-refractivity contribution in [3.8, 4) is 5.75 Å². The quantitative estimate of drug-likeness (QED) is 0.837. The molecule has 0 saturated heterocycles. The van der Waals surface area contributed by atoms with Crippen LogP contribution in [0.5, 0.6) is 5.75 Å². The molecule has 66 valence electrons. The van der Waals surface area contributed by atoms with Gasteiger partial charge in [-0.15, -0.1) is 0 Å². The van der Waals surface area contributed by atoms with Crippen LogP contribution in [0, 0.1) is 5.92 Å². The molecule has 0 spiro atoms. The Hall–Kier alpha value is -0.190. The van der Waals surface area contributed by atoms with E-state index in [9.17, 15) is 0 Å². The van der Waals surface area contributed by atoms with Crippen molar-refractivity contribution in [1.29, 1.82) is 0 Å². The zero-order chi connectivity index (χ0) is 8.97. The van der Waals surface area contributed by atoms with Crippen LogP contribution in [-0.4, -0.2) is 27.4 Å². The number of rotatable bonds is 3. The summed E-state index contributed by atoms with van der Waals surface area (Å²) < 4.78 is 1.26. The van der Waals surface area contributed by atoms with Gasteiger partial charge in [0.05, 0.1) is 0 Å². The molecule has 1 atom stereocenters. The van der Waals surface area contributed by atoms with Gasteiger partial charge in [0, 0.05) is 0 Å². The molecule has 1 aromatic carbocycles. The van der Waals surface area contributed by atoms with Crippen molar-refractivity contribution in [2.75, 3.05) is 0 Å². The summed E-state index contributed by atoms with van der Waals surface area (Å²) in [5.41, 5.74) is 1.32. The molecule has 1 aromatic rings. The van der Waals surface area contributed by atoms with E-state index < -0.39 is 0 Å². The molecule has 0 bridgehead atoms. The summed E-state index contributed by atoms with van der Waals surface area (Å²) in [7, 11) is 0. The van der Waals surface area contributed by atoms with Gasteiger partial charge in [-0.1, -0.05) is 0 Å². The second-order valence-electron chi connectivity index (χ2n) is 3.16. The molecule has 0 aliphatic heterocycles. The molecule has 1 rings (SSSR count). The SMILES string of the molecule is CC(C[TeH])Cc1ccc(O)cc1. The molecular formula is C10H14OTe. The van der Waals surface area contributed by atoms with Crippen LogP contribution in [0.1, 0.15) is 12.5 Å². The van der Waals surface area contributed by atoms with Crippen LogP contribution in [0.3, 0.4) is 0 Å². The van der Waals surface area contributed by atoms with Crippen molar-refractivity contribution in [3.05, 3.63) is 29.8 Å². The van der Waals surface area contributed by atoms with E-state index >= 15 is 0 Å². The predicted octanol–water partition coefficient (Wildman–Crippen LogP) is 1.89. The van der Waals surface area contributed by atoms with E-state index in [0.29, 0.717) is 5.75 Å². The summed E-state index contributed by atoms with van der Waals surface area (Å²) in [5, 5.41) is 9.05. The molecule has 0 aliphatic rings. The maximum atomic E-state index is 9.05. The molecule has 1 nitrogen and oxygen atoms in total. The van der Waals surface area contributed by atoms with E-state index in [4.69, 9.17) is 5.11 Å². The monoisotopic (exact) mass is 280 g/mol. The van der Waals surface area contributed by atoms with Crippen molar-refractivity contribution < 1.29 is 5.11 Å². The van der Waals surface area contributed by atoms with Crippen molar-refractivity contribution in [2.45, 2.75) is 17.8 Å². The standard InChI is InChI=1S/C10H14OTe/c1-8(7-12)6-9-2-4-10(11)5-3-9/h2-5,8,11-12H,6-7H2,1H3. The summed E-state index contributed by atoms with van der Waals surface area (Å²) in [6, 6.07) is 7.49. The van der Waals surface area contributed by atoms with Crippen molar-refractivity contribution in [3.63, 3.8) is 0 Å². The zero-order valence-electron chi connectivity index (χ0n) is 7.20. The van der Waals surface area contributed by atoms with Crippen molar-refractivity contribution in [1.82, 2.24) is 0 Å². The molecule has 0 amide bonds. The zero-order valence-corrected chi connectivity index (χ0v) is 9.75. The molecule has 0 aromatic heterocycles. The molecule has 1 N–H and O–H groups in total. The number of phenolic OH excluding ortho intramolecular Hbond substituents is 1. The third-order valence-corrected chi connectivity index (χ3v) is 3.61. The van der Waals surface area contributed by atoms with Gasteiger partial charge in [-0.3, -0.25) is 0 Å². The second kappa shape index (κ2) is 4.74. The Balaban J connectivity index is 2.58. The van der Waals surface area contributed by atoms with Crippen LogP contribution >= 0.6 is 0 Å². The summed E-state index contributed by atoms with van der Waals surface area (Å²) in [6.45, 7) is 2.26. The number of hydrogen-bond donors (Lipinski definition) is 1. The van der Waals surface area contributed by atoms with Crippen molar-refractivity contribution in [2.24, 2.45) is 5.92 Å². The molecule has 0 saturated carbocycles. The maximum absolute atomic E-state index is 9.05. The minimum absolute atomic E-state index is 0.353. The number of benzene rings is 1. The topological polar surface area (TPSA) is 20.2 Å². The number of hydrogen-bond acceptors (Lipinski definition) is 1. The Bertz CT molecular complexity index is 230. The molecule has 1 unspecified atom stereocenters. The average molecular weight is 278 g/mol. The molecule has 0 fully saturated rings. The molecule has 2 heteroatoms. The van der Waals surface area contributed by atoms with Gasteiger partial charge in [0.2, 0.25) is 0 Å². The van der Waals surface area contributed by atoms with Gasteiger partial charge in [-0.05, 0) is 0 Å². The molecule has 0 heterocycles. The molecule has 0 aliphatic carbocycles. The van der Waals surface area contributed by atoms with Crippen LogP contribution in [0.15, 0.2) is 24.3 Å². The van der Waals surface area contributed by atoms with Crippen LogP contribution in [0.4, 0.5) is 0 Å². The Morgan fingerprint density at radius 1 is 1.33 bits per heavy atom. The van der Waals surface area contributed by atoms with E-state index in [1.807, 2.05) is 34.4 Å². The average Bonchev–Trinajstić information content (AvgIpc) is 2.09. The van der Waals surface area contributed by atoms with Crippen LogP contribution in [0.2, 0.25) is 4.47 Å². The van der Waals surface area contributed by atoms with Gasteiger partial charge < -0.3 is 0 Å². The minimum atomic E-state index is 0.353. The molecular weight excluding hydrogens is 264 g/mol. The van der Waals surface area contributed by atoms with Crippen LogP contribution in [0.25, 0.3) is 0 Å². The van der Waals surface area contributed by atoms with E-state index in [-0.39, 0.29) is 0 Å². The van der Waals surface area contributed by atoms with Gasteiger partial charge in [-0.2, -0.15) is 0 Å². The van der Waals surface area contributed by atoms with E-state index in [2.05, 4.69) is 6.92 Å². The fraction of sp³-hybridized carbons (Fsp3) is 0.400. The number of aromatic hydroxyl groups is 1. The molecule has 0 radical (unpaired) electrons. The summed E-state index contributed by atoms with van der Waals surface area (Å²) in [5.74, 6) is 1.11. The van der Waals surface area contributed by atoms with Gasteiger partial charge >= 0.3 is 86.7 Å². The summed E-state index contributed by atoms with van der Waals surface area (Å²) >= 11 is 1.87. The predicted molar refractivity (Wildman–Crippen MR) is 52.9 cm³/mol. The fourth-order valence-electron chi connectivity index (χ4n) is 1.10. The first-order chi connectivity index (χ1) is 5.72. The third-order valence-electron chi connectivity index (χ3n) is 1.83. The first-order valence-corrected chi connectivity index (χ1v) is 5.91. The van der Waals surface area contributed by atoms with Crippen LogP contribution < -0.4 is 0 Å². The van der Waals surface area contributed by atoms with Gasteiger partial charge in [0.15, 0.2) is 0 Å². The Morgan fingerprint density at radius 2 is 1.92 bits per heavy atom. The summed E-state index contributed by atoms with van der Waals surface area (Å²) in [6.07, 6.45) is 1.12.